The number of pyridine rings is 1. The molecular weight excluding hydrogens is 588 g/mol. The Hall–Kier alpha value is -4.03. The van der Waals surface area contributed by atoms with Crippen molar-refractivity contribution in [1.29, 1.82) is 0 Å². The van der Waals surface area contributed by atoms with Crippen LogP contribution in [0, 0.1) is 10.8 Å². The lowest BCUT2D eigenvalue weighted by molar-refractivity contribution is -0.133. The maximum Gasteiger partial charge on any atom is 0.407 e. The molecule has 0 aliphatic carbocycles. The summed E-state index contributed by atoms with van der Waals surface area (Å²) < 4.78 is 4.74. The van der Waals surface area contributed by atoms with E-state index in [2.05, 4.69) is 26.4 Å². The van der Waals surface area contributed by atoms with E-state index in [0.29, 0.717) is 6.42 Å². The summed E-state index contributed by atoms with van der Waals surface area (Å²) >= 11 is 0. The van der Waals surface area contributed by atoms with Gasteiger partial charge in [0.25, 0.3) is 5.91 Å². The summed E-state index contributed by atoms with van der Waals surface area (Å²) in [7, 11) is 1.22. The first-order chi connectivity index (χ1) is 21.5. The fourth-order valence-electron chi connectivity index (χ4n) is 4.78. The summed E-state index contributed by atoms with van der Waals surface area (Å²) in [5, 5.41) is 21.3. The van der Waals surface area contributed by atoms with Gasteiger partial charge in [0.1, 0.15) is 12.1 Å². The standard InChI is InChI=1S/C34H52N6O6/c1-10-24(36-30(43)28(33(3,4)5)37-27(42)11-2)26(41)21-40(39-31(44)29(34(6,7)8)38-32(45)46-9)20-22-15-17-23(18-16-22)25-14-12-13-19-35-25/h12-19,24,26,28-29,41H,10-11,20-21H2,1-9H3,(H,36,43)(H,37,42)(H,38,45)(H,39,44). The number of hydrogen-bond acceptors (Lipinski definition) is 8. The zero-order valence-electron chi connectivity index (χ0n) is 28.6. The second-order valence-electron chi connectivity index (χ2n) is 13.5. The molecule has 4 unspecified atom stereocenters. The highest BCUT2D eigenvalue weighted by Crippen LogP contribution is 2.22. The van der Waals surface area contributed by atoms with Crippen molar-refractivity contribution < 1.29 is 29.0 Å². The number of amides is 4. The van der Waals surface area contributed by atoms with Crippen molar-refractivity contribution in [2.24, 2.45) is 10.8 Å². The number of aromatic nitrogens is 1. The van der Waals surface area contributed by atoms with E-state index in [0.717, 1.165) is 16.8 Å². The van der Waals surface area contributed by atoms with Crippen molar-refractivity contribution >= 4 is 23.8 Å². The van der Waals surface area contributed by atoms with Gasteiger partial charge < -0.3 is 25.8 Å². The van der Waals surface area contributed by atoms with Crippen LogP contribution in [0.1, 0.15) is 73.8 Å². The SMILES string of the molecule is CCC(=O)NC(C(=O)NC(CC)C(O)CN(Cc1ccc(-c2ccccn2)cc1)NC(=O)C(NC(=O)OC)C(C)(C)C)C(C)(C)C. The second kappa shape index (κ2) is 17.0. The number of nitrogens with zero attached hydrogens (tertiary/aromatic N) is 2. The van der Waals surface area contributed by atoms with Crippen molar-refractivity contribution in [2.45, 2.75) is 99.0 Å². The molecule has 1 heterocycles. The van der Waals surface area contributed by atoms with Crippen LogP contribution >= 0.6 is 0 Å². The first-order valence-corrected chi connectivity index (χ1v) is 15.7. The Bertz CT molecular complexity index is 1290. The Balaban J connectivity index is 2.33. The molecule has 2 aromatic rings. The number of ether oxygens (including phenoxy) is 1. The molecule has 2 rings (SSSR count). The quantitative estimate of drug-likeness (QED) is 0.196. The predicted octanol–water partition coefficient (Wildman–Crippen LogP) is 3.55. The van der Waals surface area contributed by atoms with Crippen LogP contribution in [-0.2, 0) is 25.7 Å². The summed E-state index contributed by atoms with van der Waals surface area (Å²) in [4.78, 5) is 55.6. The molecule has 0 bridgehead atoms. The van der Waals surface area contributed by atoms with Crippen LogP contribution in [-0.4, -0.2) is 76.8 Å². The zero-order chi connectivity index (χ0) is 34.7. The maximum absolute atomic E-state index is 13.6. The number of carbonyl (C=O) groups is 4. The summed E-state index contributed by atoms with van der Waals surface area (Å²) in [6.45, 7) is 14.7. The van der Waals surface area contributed by atoms with Crippen molar-refractivity contribution in [3.63, 3.8) is 0 Å². The van der Waals surface area contributed by atoms with Gasteiger partial charge in [-0.3, -0.25) is 24.8 Å². The molecule has 4 amide bonds. The highest BCUT2D eigenvalue weighted by molar-refractivity contribution is 5.88. The average Bonchev–Trinajstić information content (AvgIpc) is 3.00. The summed E-state index contributed by atoms with van der Waals surface area (Å²) in [5.41, 5.74) is 4.21. The van der Waals surface area contributed by atoms with Crippen molar-refractivity contribution in [2.75, 3.05) is 13.7 Å². The van der Waals surface area contributed by atoms with Crippen molar-refractivity contribution in [3.05, 3.63) is 54.2 Å². The molecule has 0 fully saturated rings. The largest absolute Gasteiger partial charge is 0.453 e. The Morgan fingerprint density at radius 3 is 1.98 bits per heavy atom. The highest BCUT2D eigenvalue weighted by Gasteiger charge is 2.36. The van der Waals surface area contributed by atoms with E-state index in [4.69, 9.17) is 4.74 Å². The fraction of sp³-hybridized carbons (Fsp3) is 0.559. The number of aliphatic hydroxyl groups excluding tert-OH is 1. The number of rotatable bonds is 14. The molecule has 12 heteroatoms. The van der Waals surface area contributed by atoms with E-state index in [1.54, 1.807) is 18.1 Å². The van der Waals surface area contributed by atoms with Crippen LogP contribution in [0.15, 0.2) is 48.7 Å². The van der Waals surface area contributed by atoms with Gasteiger partial charge in [0.05, 0.1) is 24.9 Å². The van der Waals surface area contributed by atoms with Crippen LogP contribution in [0.2, 0.25) is 0 Å². The zero-order valence-corrected chi connectivity index (χ0v) is 28.6. The lowest BCUT2D eigenvalue weighted by Crippen LogP contribution is -2.60. The number of hydrogen-bond donors (Lipinski definition) is 5. The summed E-state index contributed by atoms with van der Waals surface area (Å²) in [6, 6.07) is 10.9. The van der Waals surface area contributed by atoms with Crippen LogP contribution < -0.4 is 21.4 Å². The third kappa shape index (κ3) is 11.7. The minimum atomic E-state index is -1.11. The van der Waals surface area contributed by atoms with Gasteiger partial charge >= 0.3 is 6.09 Å². The van der Waals surface area contributed by atoms with Gasteiger partial charge in [-0.2, -0.15) is 0 Å². The van der Waals surface area contributed by atoms with Crippen LogP contribution in [0.5, 0.6) is 0 Å². The first-order valence-electron chi connectivity index (χ1n) is 15.7. The molecule has 1 aromatic heterocycles. The van der Waals surface area contributed by atoms with Crippen LogP contribution in [0.25, 0.3) is 11.3 Å². The van der Waals surface area contributed by atoms with E-state index in [1.807, 2.05) is 90.9 Å². The second-order valence-corrected chi connectivity index (χ2v) is 13.5. The fourth-order valence-corrected chi connectivity index (χ4v) is 4.78. The number of aliphatic hydroxyl groups is 1. The van der Waals surface area contributed by atoms with Crippen LogP contribution in [0.3, 0.4) is 0 Å². The third-order valence-electron chi connectivity index (χ3n) is 7.53. The number of nitrogens with one attached hydrogen (secondary N) is 4. The Morgan fingerprint density at radius 1 is 0.870 bits per heavy atom. The van der Waals surface area contributed by atoms with Gasteiger partial charge in [-0.15, -0.1) is 0 Å². The summed E-state index contributed by atoms with van der Waals surface area (Å²) in [5.74, 6) is -1.15. The molecular formula is C34H52N6O6. The van der Waals surface area contributed by atoms with Gasteiger partial charge in [0.15, 0.2) is 0 Å². The van der Waals surface area contributed by atoms with E-state index in [-0.39, 0.29) is 25.4 Å². The molecule has 0 aliphatic heterocycles. The monoisotopic (exact) mass is 640 g/mol. The molecule has 0 saturated heterocycles. The molecule has 0 saturated carbocycles. The highest BCUT2D eigenvalue weighted by atomic mass is 16.5. The number of methoxy groups -OCH3 is 1. The number of carbonyl (C=O) groups excluding carboxylic acids is 4. The van der Waals surface area contributed by atoms with Gasteiger partial charge in [-0.05, 0) is 34.9 Å². The molecule has 0 aliphatic rings. The lowest BCUT2D eigenvalue weighted by atomic mass is 9.85. The number of hydrazine groups is 1. The summed E-state index contributed by atoms with van der Waals surface area (Å²) in [6.07, 6.45) is 0.494. The topological polar surface area (TPSA) is 162 Å². The Kier molecular flexibility index (Phi) is 14.1. The van der Waals surface area contributed by atoms with Crippen LogP contribution in [0.4, 0.5) is 4.79 Å². The van der Waals surface area contributed by atoms with E-state index < -0.39 is 53.0 Å². The molecule has 4 atom stereocenters. The normalized spacial score (nSPS) is 14.4. The van der Waals surface area contributed by atoms with Crippen molar-refractivity contribution in [3.8, 4) is 11.3 Å². The molecule has 0 spiro atoms. The van der Waals surface area contributed by atoms with E-state index in [9.17, 15) is 24.3 Å². The Labute approximate surface area is 273 Å². The third-order valence-corrected chi connectivity index (χ3v) is 7.53. The first kappa shape index (κ1) is 38.2. The van der Waals surface area contributed by atoms with Gasteiger partial charge in [0.2, 0.25) is 11.8 Å². The minimum Gasteiger partial charge on any atom is -0.453 e. The number of benzene rings is 1. The molecule has 0 radical (unpaired) electrons. The van der Waals surface area contributed by atoms with E-state index in [1.165, 1.54) is 7.11 Å². The minimum absolute atomic E-state index is 0.0525. The van der Waals surface area contributed by atoms with Gasteiger partial charge in [0, 0.05) is 31.3 Å². The molecule has 1 aromatic carbocycles. The van der Waals surface area contributed by atoms with Crippen molar-refractivity contribution in [1.82, 2.24) is 31.4 Å². The molecule has 5 N–H and O–H groups in total. The predicted molar refractivity (Wildman–Crippen MR) is 177 cm³/mol. The maximum atomic E-state index is 13.6. The molecule has 12 nitrogen and oxygen atoms in total. The lowest BCUT2D eigenvalue weighted by Gasteiger charge is -2.35. The molecule has 254 valence electrons. The van der Waals surface area contributed by atoms with Gasteiger partial charge in [-0.1, -0.05) is 85.7 Å². The smallest absolute Gasteiger partial charge is 0.407 e. The van der Waals surface area contributed by atoms with E-state index >= 15 is 0 Å². The average molecular weight is 641 g/mol. The van der Waals surface area contributed by atoms with Gasteiger partial charge in [-0.25, -0.2) is 9.80 Å². The Morgan fingerprint density at radius 2 is 1.48 bits per heavy atom. The molecule has 46 heavy (non-hydrogen) atoms. The number of alkyl carbamates (subject to hydrolysis) is 1.